The molecule has 0 saturated heterocycles. The van der Waals surface area contributed by atoms with E-state index in [1.807, 2.05) is 0 Å². The summed E-state index contributed by atoms with van der Waals surface area (Å²) in [6.07, 6.45) is 7.36. The topological polar surface area (TPSA) is 105 Å². The van der Waals surface area contributed by atoms with Gasteiger partial charge in [0.05, 0.1) is 6.42 Å². The molecule has 0 fully saturated rings. The van der Waals surface area contributed by atoms with Crippen molar-refractivity contribution in [2.45, 2.75) is 64.7 Å². The van der Waals surface area contributed by atoms with Gasteiger partial charge in [-0.15, -0.1) is 0 Å². The largest absolute Gasteiger partial charge is 0.481 e. The Morgan fingerprint density at radius 1 is 1.20 bits per heavy atom. The van der Waals surface area contributed by atoms with Crippen molar-refractivity contribution in [1.82, 2.24) is 15.0 Å². The van der Waals surface area contributed by atoms with Crippen LogP contribution in [0, 0.1) is 12.8 Å². The van der Waals surface area contributed by atoms with Gasteiger partial charge in [0.15, 0.2) is 0 Å². The van der Waals surface area contributed by atoms with E-state index in [9.17, 15) is 14.7 Å². The zero-order valence-corrected chi connectivity index (χ0v) is 17.7. The summed E-state index contributed by atoms with van der Waals surface area (Å²) in [5.41, 5.74) is 3.03. The molecular weight excluding hydrogens is 380 g/mol. The van der Waals surface area contributed by atoms with Crippen LogP contribution in [0.1, 0.15) is 67.6 Å². The molecule has 1 aliphatic rings. The van der Waals surface area contributed by atoms with Crippen LogP contribution in [0.4, 0.5) is 5.82 Å². The van der Waals surface area contributed by atoms with Crippen LogP contribution in [0.2, 0.25) is 0 Å². The maximum absolute atomic E-state index is 12.4. The third kappa shape index (κ3) is 6.34. The number of Topliss-reactive ketones (excluding diaryl/α,β-unsaturated/α-hetero) is 1. The van der Waals surface area contributed by atoms with Crippen molar-refractivity contribution in [1.29, 1.82) is 0 Å². The minimum Gasteiger partial charge on any atom is -0.481 e. The number of carbonyl (C=O) groups is 2. The molecule has 2 aromatic heterocycles. The highest BCUT2D eigenvalue weighted by Crippen LogP contribution is 2.25. The number of hydrogen-bond acceptors (Lipinski definition) is 6. The number of carboxylic acid groups (broad SMARTS) is 1. The molecular formula is C23H30N4O3. The van der Waals surface area contributed by atoms with Gasteiger partial charge in [0.25, 0.3) is 0 Å². The van der Waals surface area contributed by atoms with E-state index in [-0.39, 0.29) is 24.5 Å². The highest BCUT2D eigenvalue weighted by atomic mass is 16.4. The molecule has 7 nitrogen and oxygen atoms in total. The molecule has 1 aliphatic heterocycles. The van der Waals surface area contributed by atoms with Gasteiger partial charge in [0.2, 0.25) is 0 Å². The Morgan fingerprint density at radius 2 is 1.97 bits per heavy atom. The summed E-state index contributed by atoms with van der Waals surface area (Å²) in [4.78, 5) is 36.6. The highest BCUT2D eigenvalue weighted by molar-refractivity contribution is 5.80. The van der Waals surface area contributed by atoms with E-state index in [0.717, 1.165) is 43.7 Å². The lowest BCUT2D eigenvalue weighted by Gasteiger charge is -2.22. The van der Waals surface area contributed by atoms with Gasteiger partial charge in [0, 0.05) is 43.4 Å². The van der Waals surface area contributed by atoms with Crippen molar-refractivity contribution < 1.29 is 14.7 Å². The van der Waals surface area contributed by atoms with Crippen molar-refractivity contribution >= 4 is 17.6 Å². The van der Waals surface area contributed by atoms with Crippen LogP contribution in [-0.2, 0) is 22.4 Å². The number of anilines is 1. The van der Waals surface area contributed by atoms with E-state index in [1.54, 1.807) is 19.3 Å². The van der Waals surface area contributed by atoms with Crippen LogP contribution in [0.3, 0.4) is 0 Å². The average molecular weight is 411 g/mol. The summed E-state index contributed by atoms with van der Waals surface area (Å²) < 4.78 is 0. The number of carboxylic acids is 1. The van der Waals surface area contributed by atoms with Crippen molar-refractivity contribution in [3.8, 4) is 0 Å². The first kappa shape index (κ1) is 21.9. The molecule has 0 aromatic carbocycles. The molecule has 3 rings (SSSR count). The molecule has 0 bridgehead atoms. The van der Waals surface area contributed by atoms with Gasteiger partial charge >= 0.3 is 5.97 Å². The van der Waals surface area contributed by atoms with Crippen LogP contribution >= 0.6 is 0 Å². The van der Waals surface area contributed by atoms with Crippen molar-refractivity contribution in [3.63, 3.8) is 0 Å². The van der Waals surface area contributed by atoms with Gasteiger partial charge < -0.3 is 10.4 Å². The average Bonchev–Trinajstić information content (AvgIpc) is 2.71. The summed E-state index contributed by atoms with van der Waals surface area (Å²) in [5, 5.41) is 12.6. The van der Waals surface area contributed by atoms with E-state index in [4.69, 9.17) is 4.98 Å². The zero-order chi connectivity index (χ0) is 21.5. The van der Waals surface area contributed by atoms with Gasteiger partial charge in [-0.3, -0.25) is 9.59 Å². The molecule has 0 aliphatic carbocycles. The van der Waals surface area contributed by atoms with Crippen LogP contribution in [0.15, 0.2) is 24.5 Å². The lowest BCUT2D eigenvalue weighted by molar-refractivity contribution is -0.137. The Hall–Kier alpha value is -2.83. The number of pyridine rings is 1. The van der Waals surface area contributed by atoms with Crippen LogP contribution < -0.4 is 5.32 Å². The number of nitrogens with zero attached hydrogens (tertiary/aromatic N) is 3. The van der Waals surface area contributed by atoms with Crippen molar-refractivity contribution in [2.75, 3.05) is 11.9 Å². The summed E-state index contributed by atoms with van der Waals surface area (Å²) in [7, 11) is 0. The third-order valence-corrected chi connectivity index (χ3v) is 5.53. The van der Waals surface area contributed by atoms with E-state index in [0.29, 0.717) is 23.7 Å². The first-order chi connectivity index (χ1) is 14.4. The van der Waals surface area contributed by atoms with Crippen LogP contribution in [-0.4, -0.2) is 38.4 Å². The molecule has 2 aromatic rings. The number of aliphatic carboxylic acids is 1. The minimum absolute atomic E-state index is 0.0795. The maximum atomic E-state index is 12.4. The minimum atomic E-state index is -0.921. The molecule has 3 heterocycles. The molecule has 1 unspecified atom stereocenters. The van der Waals surface area contributed by atoms with Crippen molar-refractivity contribution in [3.05, 3.63) is 47.2 Å². The molecule has 160 valence electrons. The Morgan fingerprint density at radius 3 is 2.70 bits per heavy atom. The Balaban J connectivity index is 1.46. The maximum Gasteiger partial charge on any atom is 0.303 e. The summed E-state index contributed by atoms with van der Waals surface area (Å²) in [6, 6.07) is 4.24. The molecule has 2 atom stereocenters. The predicted molar refractivity (Wildman–Crippen MR) is 115 cm³/mol. The number of aryl methyl sites for hydroxylation is 2. The van der Waals surface area contributed by atoms with Gasteiger partial charge in [-0.05, 0) is 55.7 Å². The second kappa shape index (κ2) is 10.3. The molecule has 2 N–H and O–H groups in total. The standard InChI is InChI=1S/C23H30N4O3/c1-15-9-17-7-8-20(27-23(17)26-12-15)5-3-4-6-21(28)10-18(11-22(29)30)19-13-24-16(2)25-14-19/h7-8,13-15,18H,3-6,9-12H2,1-2H3,(H,26,27)(H,29,30)/t15?,18-/m0/s1. The van der Waals surface area contributed by atoms with Crippen LogP contribution in [0.25, 0.3) is 0 Å². The normalized spacial score (nSPS) is 16.4. The number of rotatable bonds is 10. The van der Waals surface area contributed by atoms with Crippen LogP contribution in [0.5, 0.6) is 0 Å². The first-order valence-corrected chi connectivity index (χ1v) is 10.7. The SMILES string of the molecule is Cc1ncc([C@H](CC(=O)O)CC(=O)CCCCc2ccc3c(n2)NCC(C)C3)cn1. The number of fused-ring (bicyclic) bond motifs is 1. The monoisotopic (exact) mass is 410 g/mol. The zero-order valence-electron chi connectivity index (χ0n) is 17.7. The Bertz CT molecular complexity index is 883. The predicted octanol–water partition coefficient (Wildman–Crippen LogP) is 3.71. The molecule has 30 heavy (non-hydrogen) atoms. The second-order valence-electron chi connectivity index (χ2n) is 8.31. The fourth-order valence-electron chi connectivity index (χ4n) is 3.84. The molecule has 0 radical (unpaired) electrons. The smallest absolute Gasteiger partial charge is 0.303 e. The number of carbonyl (C=O) groups excluding carboxylic acids is 1. The molecule has 0 spiro atoms. The molecule has 0 saturated carbocycles. The quantitative estimate of drug-likeness (QED) is 0.575. The fraction of sp³-hybridized carbons (Fsp3) is 0.522. The summed E-state index contributed by atoms with van der Waals surface area (Å²) >= 11 is 0. The fourth-order valence-corrected chi connectivity index (χ4v) is 3.84. The number of aromatic nitrogens is 3. The van der Waals surface area contributed by atoms with Gasteiger partial charge in [0.1, 0.15) is 17.4 Å². The number of unbranched alkanes of at least 4 members (excludes halogenated alkanes) is 1. The summed E-state index contributed by atoms with van der Waals surface area (Å²) in [6.45, 7) is 4.96. The van der Waals surface area contributed by atoms with E-state index < -0.39 is 5.97 Å². The van der Waals surface area contributed by atoms with E-state index >= 15 is 0 Å². The molecule has 7 heteroatoms. The lowest BCUT2D eigenvalue weighted by Crippen LogP contribution is -2.21. The Kier molecular flexibility index (Phi) is 7.49. The number of hydrogen-bond donors (Lipinski definition) is 2. The van der Waals surface area contributed by atoms with Gasteiger partial charge in [-0.25, -0.2) is 15.0 Å². The number of nitrogens with one attached hydrogen (secondary N) is 1. The Labute approximate surface area is 177 Å². The summed E-state index contributed by atoms with van der Waals surface area (Å²) in [5.74, 6) is 1.03. The van der Waals surface area contributed by atoms with E-state index in [2.05, 4.69) is 34.3 Å². The molecule has 0 amide bonds. The van der Waals surface area contributed by atoms with E-state index in [1.165, 1.54) is 5.56 Å². The third-order valence-electron chi connectivity index (χ3n) is 5.53. The highest BCUT2D eigenvalue weighted by Gasteiger charge is 2.20. The van der Waals surface area contributed by atoms with Gasteiger partial charge in [-0.2, -0.15) is 0 Å². The lowest BCUT2D eigenvalue weighted by atomic mass is 9.91. The first-order valence-electron chi connectivity index (χ1n) is 10.7. The number of ketones is 1. The van der Waals surface area contributed by atoms with Crippen molar-refractivity contribution in [2.24, 2.45) is 5.92 Å². The van der Waals surface area contributed by atoms with Gasteiger partial charge in [-0.1, -0.05) is 13.0 Å². The second-order valence-corrected chi connectivity index (χ2v) is 8.31.